The second-order valence-electron chi connectivity index (χ2n) is 5.61. The van der Waals surface area contributed by atoms with Gasteiger partial charge in [0.15, 0.2) is 0 Å². The standard InChI is InChI=1S/C16H26N2/c1-4-14-8-9-18(11-14)15(10-17)16-12(2)6-5-7-13(16)3/h5-7,14-15H,4,8-11,17H2,1-3H3. The fraction of sp³-hybridized carbons (Fsp3) is 0.625. The summed E-state index contributed by atoms with van der Waals surface area (Å²) in [5.74, 6) is 0.864. The Morgan fingerprint density at radius 2 is 2.00 bits per heavy atom. The molecule has 0 saturated carbocycles. The molecule has 0 aliphatic carbocycles. The van der Waals surface area contributed by atoms with Gasteiger partial charge in [0.2, 0.25) is 0 Å². The molecule has 0 radical (unpaired) electrons. The van der Waals surface area contributed by atoms with E-state index in [4.69, 9.17) is 5.73 Å². The first kappa shape index (κ1) is 13.6. The summed E-state index contributed by atoms with van der Waals surface area (Å²) < 4.78 is 0. The fourth-order valence-corrected chi connectivity index (χ4v) is 3.28. The van der Waals surface area contributed by atoms with E-state index in [2.05, 4.69) is 43.9 Å². The monoisotopic (exact) mass is 246 g/mol. The summed E-state index contributed by atoms with van der Waals surface area (Å²) in [5, 5.41) is 0. The molecule has 1 aromatic rings. The molecule has 0 bridgehead atoms. The molecule has 2 unspecified atom stereocenters. The van der Waals surface area contributed by atoms with Gasteiger partial charge in [-0.2, -0.15) is 0 Å². The molecule has 18 heavy (non-hydrogen) atoms. The first-order valence-electron chi connectivity index (χ1n) is 7.17. The van der Waals surface area contributed by atoms with Crippen LogP contribution < -0.4 is 5.73 Å². The first-order valence-corrected chi connectivity index (χ1v) is 7.17. The molecule has 1 aliphatic rings. The minimum atomic E-state index is 0.405. The van der Waals surface area contributed by atoms with Crippen LogP contribution >= 0.6 is 0 Å². The van der Waals surface area contributed by atoms with Gasteiger partial charge in [-0.05, 0) is 49.4 Å². The lowest BCUT2D eigenvalue weighted by Crippen LogP contribution is -2.33. The molecular weight excluding hydrogens is 220 g/mol. The Kier molecular flexibility index (Phi) is 4.41. The normalized spacial score (nSPS) is 22.3. The van der Waals surface area contributed by atoms with Crippen molar-refractivity contribution in [3.8, 4) is 0 Å². The number of likely N-dealkylation sites (tertiary alicyclic amines) is 1. The average molecular weight is 246 g/mol. The third-order valence-corrected chi connectivity index (χ3v) is 4.43. The van der Waals surface area contributed by atoms with E-state index in [-0.39, 0.29) is 0 Å². The number of nitrogens with zero attached hydrogens (tertiary/aromatic N) is 1. The van der Waals surface area contributed by atoms with Crippen LogP contribution in [0.2, 0.25) is 0 Å². The van der Waals surface area contributed by atoms with Gasteiger partial charge in [0.25, 0.3) is 0 Å². The molecule has 1 heterocycles. The Labute approximate surface area is 111 Å². The Morgan fingerprint density at radius 3 is 2.50 bits per heavy atom. The first-order chi connectivity index (χ1) is 8.67. The molecule has 2 nitrogen and oxygen atoms in total. The number of nitrogens with two attached hydrogens (primary N) is 1. The van der Waals surface area contributed by atoms with Crippen LogP contribution in [0.3, 0.4) is 0 Å². The van der Waals surface area contributed by atoms with Gasteiger partial charge in [-0.1, -0.05) is 31.5 Å². The lowest BCUT2D eigenvalue weighted by Gasteiger charge is -2.29. The van der Waals surface area contributed by atoms with Gasteiger partial charge >= 0.3 is 0 Å². The highest BCUT2D eigenvalue weighted by Crippen LogP contribution is 2.31. The third-order valence-electron chi connectivity index (χ3n) is 4.43. The molecular formula is C16H26N2. The quantitative estimate of drug-likeness (QED) is 0.885. The van der Waals surface area contributed by atoms with Crippen LogP contribution in [0.1, 0.15) is 42.5 Å². The summed E-state index contributed by atoms with van der Waals surface area (Å²) in [4.78, 5) is 2.59. The van der Waals surface area contributed by atoms with Crippen LogP contribution in [0.5, 0.6) is 0 Å². The topological polar surface area (TPSA) is 29.3 Å². The second kappa shape index (κ2) is 5.85. The zero-order valence-corrected chi connectivity index (χ0v) is 11.9. The molecule has 1 aromatic carbocycles. The fourth-order valence-electron chi connectivity index (χ4n) is 3.28. The molecule has 100 valence electrons. The van der Waals surface area contributed by atoms with E-state index in [1.807, 2.05) is 0 Å². The SMILES string of the molecule is CCC1CCN(C(CN)c2c(C)cccc2C)C1. The summed E-state index contributed by atoms with van der Waals surface area (Å²) in [6.07, 6.45) is 2.62. The summed E-state index contributed by atoms with van der Waals surface area (Å²) in [5.41, 5.74) is 10.3. The van der Waals surface area contributed by atoms with Crippen LogP contribution in [0.4, 0.5) is 0 Å². The van der Waals surface area contributed by atoms with Gasteiger partial charge in [-0.25, -0.2) is 0 Å². The maximum absolute atomic E-state index is 6.07. The van der Waals surface area contributed by atoms with E-state index in [1.165, 1.54) is 42.6 Å². The van der Waals surface area contributed by atoms with Gasteiger partial charge in [0.05, 0.1) is 0 Å². The van der Waals surface area contributed by atoms with Crippen LogP contribution in [0.25, 0.3) is 0 Å². The number of hydrogen-bond donors (Lipinski definition) is 1. The maximum Gasteiger partial charge on any atom is 0.0475 e. The van der Waals surface area contributed by atoms with E-state index >= 15 is 0 Å². The number of rotatable bonds is 4. The van der Waals surface area contributed by atoms with Crippen molar-refractivity contribution < 1.29 is 0 Å². The van der Waals surface area contributed by atoms with Crippen molar-refractivity contribution in [1.82, 2.24) is 4.90 Å². The van der Waals surface area contributed by atoms with Crippen molar-refractivity contribution in [3.63, 3.8) is 0 Å². The van der Waals surface area contributed by atoms with Crippen molar-refractivity contribution in [2.24, 2.45) is 11.7 Å². The molecule has 2 N–H and O–H groups in total. The molecule has 2 rings (SSSR count). The highest BCUT2D eigenvalue weighted by Gasteiger charge is 2.28. The zero-order valence-electron chi connectivity index (χ0n) is 11.9. The molecule has 2 heteroatoms. The van der Waals surface area contributed by atoms with Crippen molar-refractivity contribution in [2.75, 3.05) is 19.6 Å². The third kappa shape index (κ3) is 2.60. The lowest BCUT2D eigenvalue weighted by molar-refractivity contribution is 0.239. The summed E-state index contributed by atoms with van der Waals surface area (Å²) in [6.45, 7) is 9.85. The number of aryl methyl sites for hydroxylation is 2. The average Bonchev–Trinajstić information content (AvgIpc) is 2.82. The Balaban J connectivity index is 2.23. The molecule has 0 aromatic heterocycles. The van der Waals surface area contributed by atoms with Crippen LogP contribution in [0, 0.1) is 19.8 Å². The molecule has 0 amide bonds. The van der Waals surface area contributed by atoms with E-state index in [9.17, 15) is 0 Å². The van der Waals surface area contributed by atoms with Crippen LogP contribution in [0.15, 0.2) is 18.2 Å². The largest absolute Gasteiger partial charge is 0.329 e. The van der Waals surface area contributed by atoms with E-state index in [0.717, 1.165) is 12.5 Å². The van der Waals surface area contributed by atoms with Crippen LogP contribution in [-0.4, -0.2) is 24.5 Å². The van der Waals surface area contributed by atoms with Gasteiger partial charge in [-0.15, -0.1) is 0 Å². The van der Waals surface area contributed by atoms with E-state index in [1.54, 1.807) is 0 Å². The van der Waals surface area contributed by atoms with E-state index in [0.29, 0.717) is 6.04 Å². The molecule has 1 aliphatic heterocycles. The highest BCUT2D eigenvalue weighted by atomic mass is 15.2. The van der Waals surface area contributed by atoms with Gasteiger partial charge in [0.1, 0.15) is 0 Å². The van der Waals surface area contributed by atoms with E-state index < -0.39 is 0 Å². The Morgan fingerprint density at radius 1 is 1.33 bits per heavy atom. The summed E-state index contributed by atoms with van der Waals surface area (Å²) in [6, 6.07) is 6.96. The van der Waals surface area contributed by atoms with Crippen molar-refractivity contribution in [1.29, 1.82) is 0 Å². The predicted octanol–water partition coefficient (Wildman–Crippen LogP) is 3.04. The van der Waals surface area contributed by atoms with Crippen molar-refractivity contribution >= 4 is 0 Å². The molecule has 2 atom stereocenters. The predicted molar refractivity (Wildman–Crippen MR) is 77.7 cm³/mol. The summed E-state index contributed by atoms with van der Waals surface area (Å²) >= 11 is 0. The Hall–Kier alpha value is -0.860. The number of benzene rings is 1. The summed E-state index contributed by atoms with van der Waals surface area (Å²) in [7, 11) is 0. The Bertz CT molecular complexity index is 380. The minimum absolute atomic E-state index is 0.405. The second-order valence-corrected chi connectivity index (χ2v) is 5.61. The zero-order chi connectivity index (χ0) is 13.1. The van der Waals surface area contributed by atoms with Gasteiger partial charge in [-0.3, -0.25) is 4.90 Å². The van der Waals surface area contributed by atoms with Crippen molar-refractivity contribution in [2.45, 2.75) is 39.7 Å². The maximum atomic E-state index is 6.07. The lowest BCUT2D eigenvalue weighted by atomic mass is 9.95. The molecule has 1 saturated heterocycles. The smallest absolute Gasteiger partial charge is 0.0475 e. The van der Waals surface area contributed by atoms with Gasteiger partial charge in [0, 0.05) is 19.1 Å². The number of hydrogen-bond acceptors (Lipinski definition) is 2. The van der Waals surface area contributed by atoms with Gasteiger partial charge < -0.3 is 5.73 Å². The molecule has 0 spiro atoms. The van der Waals surface area contributed by atoms with Crippen LogP contribution in [-0.2, 0) is 0 Å². The minimum Gasteiger partial charge on any atom is -0.329 e. The highest BCUT2D eigenvalue weighted by molar-refractivity contribution is 5.36. The molecule has 1 fully saturated rings. The van der Waals surface area contributed by atoms with Crippen molar-refractivity contribution in [3.05, 3.63) is 34.9 Å².